The largest absolute Gasteiger partial charge is 0.324 e. The fourth-order valence-corrected chi connectivity index (χ4v) is 2.16. The normalized spacial score (nSPS) is 20.4. The van der Waals surface area contributed by atoms with Crippen LogP contribution in [0.1, 0.15) is 31.0 Å². The molecule has 0 saturated carbocycles. The van der Waals surface area contributed by atoms with E-state index >= 15 is 0 Å². The van der Waals surface area contributed by atoms with Gasteiger partial charge in [0.1, 0.15) is 0 Å². The molecule has 1 aromatic heterocycles. The van der Waals surface area contributed by atoms with Gasteiger partial charge in [-0.2, -0.15) is 5.10 Å². The van der Waals surface area contributed by atoms with Gasteiger partial charge in [-0.3, -0.25) is 10.4 Å². The molecule has 2 amide bonds. The molecule has 5 heteroatoms. The van der Waals surface area contributed by atoms with Crippen LogP contribution in [0.5, 0.6) is 0 Å². The topological polar surface area (TPSA) is 61.0 Å². The molecule has 1 aliphatic rings. The summed E-state index contributed by atoms with van der Waals surface area (Å²) in [6.45, 7) is 7.77. The van der Waals surface area contributed by atoms with Gasteiger partial charge in [-0.1, -0.05) is 6.92 Å². The van der Waals surface area contributed by atoms with Crippen molar-refractivity contribution in [3.63, 3.8) is 0 Å². The van der Waals surface area contributed by atoms with Crippen molar-refractivity contribution in [2.45, 2.75) is 33.6 Å². The lowest BCUT2D eigenvalue weighted by Crippen LogP contribution is -2.41. The summed E-state index contributed by atoms with van der Waals surface area (Å²) in [6, 6.07) is -0.0360. The second kappa shape index (κ2) is 4.77. The Morgan fingerprint density at radius 1 is 1.53 bits per heavy atom. The Bertz CT molecular complexity index is 413. The molecule has 5 nitrogen and oxygen atoms in total. The number of nitrogens with zero attached hydrogens (tertiary/aromatic N) is 2. The highest BCUT2D eigenvalue weighted by Gasteiger charge is 2.21. The average Bonchev–Trinajstić information content (AvgIpc) is 2.61. The van der Waals surface area contributed by atoms with Crippen molar-refractivity contribution in [3.05, 3.63) is 11.3 Å². The van der Waals surface area contributed by atoms with Gasteiger partial charge >= 0.3 is 6.03 Å². The molecule has 94 valence electrons. The zero-order valence-corrected chi connectivity index (χ0v) is 10.7. The highest BCUT2D eigenvalue weighted by molar-refractivity contribution is 5.89. The zero-order valence-electron chi connectivity index (χ0n) is 10.7. The minimum absolute atomic E-state index is 0.0360. The van der Waals surface area contributed by atoms with Crippen molar-refractivity contribution in [2.24, 2.45) is 5.92 Å². The summed E-state index contributed by atoms with van der Waals surface area (Å²) < 4.78 is 0. The molecular formula is C12H20N4O. The first-order chi connectivity index (χ1) is 8.08. The molecule has 0 bridgehead atoms. The van der Waals surface area contributed by atoms with Crippen molar-refractivity contribution in [1.82, 2.24) is 15.1 Å². The lowest BCUT2D eigenvalue weighted by Gasteiger charge is -2.30. The smallest absolute Gasteiger partial charge is 0.323 e. The number of rotatable bonds is 1. The number of carbonyl (C=O) groups is 1. The van der Waals surface area contributed by atoms with Gasteiger partial charge < -0.3 is 4.90 Å². The first-order valence-corrected chi connectivity index (χ1v) is 6.15. The minimum Gasteiger partial charge on any atom is -0.324 e. The van der Waals surface area contributed by atoms with Crippen molar-refractivity contribution in [2.75, 3.05) is 18.4 Å². The Morgan fingerprint density at radius 2 is 2.29 bits per heavy atom. The second-order valence-electron chi connectivity index (χ2n) is 4.95. The summed E-state index contributed by atoms with van der Waals surface area (Å²) in [5, 5.41) is 9.82. The summed E-state index contributed by atoms with van der Waals surface area (Å²) in [5.74, 6) is 1.24. The van der Waals surface area contributed by atoms with Gasteiger partial charge in [0.2, 0.25) is 0 Å². The first-order valence-electron chi connectivity index (χ1n) is 6.15. The Labute approximate surface area is 102 Å². The average molecular weight is 236 g/mol. The lowest BCUT2D eigenvalue weighted by molar-refractivity contribution is 0.182. The van der Waals surface area contributed by atoms with Crippen LogP contribution in [0.25, 0.3) is 0 Å². The molecule has 1 aromatic rings. The van der Waals surface area contributed by atoms with E-state index in [1.54, 1.807) is 0 Å². The Kier molecular flexibility index (Phi) is 3.36. The third kappa shape index (κ3) is 2.60. The van der Waals surface area contributed by atoms with Gasteiger partial charge in [0.05, 0.1) is 0 Å². The number of carbonyl (C=O) groups excluding carboxylic acids is 1. The SMILES string of the molecule is Cc1[nH]nc(NC(=O)N2CCCC(C)C2)c1C. The molecule has 2 rings (SSSR count). The van der Waals surface area contributed by atoms with E-state index in [0.29, 0.717) is 11.7 Å². The van der Waals surface area contributed by atoms with Crippen molar-refractivity contribution in [1.29, 1.82) is 0 Å². The third-order valence-corrected chi connectivity index (χ3v) is 3.42. The molecule has 2 N–H and O–H groups in total. The highest BCUT2D eigenvalue weighted by Crippen LogP contribution is 2.18. The number of nitrogens with one attached hydrogen (secondary N) is 2. The molecule has 0 radical (unpaired) electrons. The van der Waals surface area contributed by atoms with E-state index in [-0.39, 0.29) is 6.03 Å². The standard InChI is InChI=1S/C12H20N4O/c1-8-5-4-6-16(7-8)12(17)13-11-9(2)10(3)14-15-11/h8H,4-7H2,1-3H3,(H2,13,14,15,17). The van der Waals surface area contributed by atoms with Crippen LogP contribution in [0.15, 0.2) is 0 Å². The number of aryl methyl sites for hydroxylation is 1. The van der Waals surface area contributed by atoms with Gasteiger partial charge in [-0.05, 0) is 32.6 Å². The zero-order chi connectivity index (χ0) is 12.4. The fraction of sp³-hybridized carbons (Fsp3) is 0.667. The molecule has 1 saturated heterocycles. The van der Waals surface area contributed by atoms with Crippen LogP contribution >= 0.6 is 0 Å². The van der Waals surface area contributed by atoms with Gasteiger partial charge in [0.25, 0.3) is 0 Å². The van der Waals surface area contributed by atoms with Gasteiger partial charge in [-0.25, -0.2) is 4.79 Å². The van der Waals surface area contributed by atoms with Crippen molar-refractivity contribution in [3.8, 4) is 0 Å². The van der Waals surface area contributed by atoms with Crippen LogP contribution in [0, 0.1) is 19.8 Å². The summed E-state index contributed by atoms with van der Waals surface area (Å²) >= 11 is 0. The molecule has 1 aliphatic heterocycles. The maximum atomic E-state index is 12.0. The van der Waals surface area contributed by atoms with E-state index in [0.717, 1.165) is 30.8 Å². The number of likely N-dealkylation sites (tertiary alicyclic amines) is 1. The molecule has 2 heterocycles. The third-order valence-electron chi connectivity index (χ3n) is 3.42. The van der Waals surface area contributed by atoms with Gasteiger partial charge in [0.15, 0.2) is 5.82 Å². The number of aromatic amines is 1. The molecule has 1 fully saturated rings. The molecule has 0 aromatic carbocycles. The lowest BCUT2D eigenvalue weighted by atomic mass is 10.0. The number of piperidine rings is 1. The Hall–Kier alpha value is -1.52. The Morgan fingerprint density at radius 3 is 2.88 bits per heavy atom. The molecule has 1 unspecified atom stereocenters. The number of H-pyrrole nitrogens is 1. The number of hydrogen-bond acceptors (Lipinski definition) is 2. The van der Waals surface area contributed by atoms with Crippen molar-refractivity contribution >= 4 is 11.8 Å². The summed E-state index contributed by atoms with van der Waals surface area (Å²) in [4.78, 5) is 13.9. The van der Waals surface area contributed by atoms with E-state index in [1.807, 2.05) is 18.7 Å². The number of amides is 2. The maximum absolute atomic E-state index is 12.0. The van der Waals surface area contributed by atoms with E-state index in [4.69, 9.17) is 0 Å². The second-order valence-corrected chi connectivity index (χ2v) is 4.95. The van der Waals surface area contributed by atoms with E-state index in [1.165, 1.54) is 6.42 Å². The summed E-state index contributed by atoms with van der Waals surface area (Å²) in [6.07, 6.45) is 2.30. The summed E-state index contributed by atoms with van der Waals surface area (Å²) in [5.41, 5.74) is 2.00. The predicted molar refractivity (Wildman–Crippen MR) is 67.1 cm³/mol. The highest BCUT2D eigenvalue weighted by atomic mass is 16.2. The van der Waals surface area contributed by atoms with Crippen LogP contribution in [-0.4, -0.2) is 34.2 Å². The van der Waals surface area contributed by atoms with Crippen LogP contribution in [0.4, 0.5) is 10.6 Å². The van der Waals surface area contributed by atoms with Crippen LogP contribution in [0.3, 0.4) is 0 Å². The molecule has 1 atom stereocenters. The quantitative estimate of drug-likeness (QED) is 0.786. The van der Waals surface area contributed by atoms with Crippen molar-refractivity contribution < 1.29 is 4.79 Å². The number of urea groups is 1. The number of aromatic nitrogens is 2. The monoisotopic (exact) mass is 236 g/mol. The van der Waals surface area contributed by atoms with Gasteiger partial charge in [-0.15, -0.1) is 0 Å². The summed E-state index contributed by atoms with van der Waals surface area (Å²) in [7, 11) is 0. The molecule has 0 spiro atoms. The van der Waals surface area contributed by atoms with E-state index in [2.05, 4.69) is 22.4 Å². The number of hydrogen-bond donors (Lipinski definition) is 2. The fourth-order valence-electron chi connectivity index (χ4n) is 2.16. The van der Waals surface area contributed by atoms with Gasteiger partial charge in [0, 0.05) is 24.3 Å². The van der Waals surface area contributed by atoms with Crippen LogP contribution < -0.4 is 5.32 Å². The van der Waals surface area contributed by atoms with E-state index < -0.39 is 0 Å². The first kappa shape index (κ1) is 12.0. The number of anilines is 1. The Balaban J connectivity index is 1.99. The maximum Gasteiger partial charge on any atom is 0.323 e. The minimum atomic E-state index is -0.0360. The van der Waals surface area contributed by atoms with E-state index in [9.17, 15) is 4.79 Å². The molecular weight excluding hydrogens is 216 g/mol. The molecule has 0 aliphatic carbocycles. The molecule has 17 heavy (non-hydrogen) atoms. The van der Waals surface area contributed by atoms with Crippen LogP contribution in [-0.2, 0) is 0 Å². The van der Waals surface area contributed by atoms with Crippen LogP contribution in [0.2, 0.25) is 0 Å². The predicted octanol–water partition coefficient (Wildman–Crippen LogP) is 2.29.